The van der Waals surface area contributed by atoms with Crippen molar-refractivity contribution in [2.24, 2.45) is 0 Å². The van der Waals surface area contributed by atoms with Crippen molar-refractivity contribution >= 4 is 87.9 Å². The van der Waals surface area contributed by atoms with Gasteiger partial charge >= 0.3 is 7.12 Å². The average Bonchev–Trinajstić information content (AvgIpc) is 1.42. The first-order chi connectivity index (χ1) is 48.4. The minimum absolute atomic E-state index is 0.0806. The van der Waals surface area contributed by atoms with Crippen LogP contribution in [0.4, 0.5) is 13.2 Å². The minimum Gasteiger partial charge on any atom is -0.488 e. The monoisotopic (exact) mass is 1570 g/mol. The van der Waals surface area contributed by atoms with Crippen molar-refractivity contribution in [1.82, 2.24) is 24.6 Å². The maximum Gasteiger partial charge on any atom is 0.494 e. The first-order valence-corrected chi connectivity index (χ1v) is 35.4. The molecule has 11 rings (SSSR count). The van der Waals surface area contributed by atoms with Crippen LogP contribution in [0.5, 0.6) is 11.5 Å². The molecule has 10 aromatic rings. The number of nitrogens with zero attached hydrogens (tertiary/aromatic N) is 6. The molecule has 1 fully saturated rings. The Hall–Kier alpha value is -7.61. The Morgan fingerprint density at radius 3 is 1.49 bits per heavy atom. The number of carbonyl (C=O) groups excluding carboxylic acids is 1. The number of halogens is 8. The highest BCUT2D eigenvalue weighted by Crippen LogP contribution is 2.42. The molecular formula is C82H83BCl4F3IN6O5. The molecule has 530 valence electrons. The predicted molar refractivity (Wildman–Crippen MR) is 420 cm³/mol. The van der Waals surface area contributed by atoms with Crippen LogP contribution in [0, 0.1) is 39.3 Å². The summed E-state index contributed by atoms with van der Waals surface area (Å²) in [6.07, 6.45) is 3.68. The Labute approximate surface area is 632 Å². The zero-order valence-corrected chi connectivity index (χ0v) is 64.7. The first-order valence-electron chi connectivity index (χ1n) is 32.8. The van der Waals surface area contributed by atoms with Gasteiger partial charge in [0, 0.05) is 72.5 Å². The summed E-state index contributed by atoms with van der Waals surface area (Å²) in [7, 11) is 16.0. The number of ether oxygens (including phenoxy) is 2. The largest absolute Gasteiger partial charge is 0.494 e. The summed E-state index contributed by atoms with van der Waals surface area (Å²) in [5.41, 5.74) is 14.7. The molecule has 9 aromatic carbocycles. The number of hydrogen-bond donors (Lipinski definition) is 0. The van der Waals surface area contributed by atoms with Crippen LogP contribution >= 0.6 is 69.0 Å². The molecule has 11 nitrogen and oxygen atoms in total. The lowest BCUT2D eigenvalue weighted by Crippen LogP contribution is -2.41. The van der Waals surface area contributed by atoms with Crippen molar-refractivity contribution in [2.75, 3.05) is 56.4 Å². The molecule has 0 unspecified atom stereocenters. The smallest absolute Gasteiger partial charge is 0.488 e. The molecular weight excluding hydrogens is 1490 g/mol. The van der Waals surface area contributed by atoms with Crippen molar-refractivity contribution in [3.05, 3.63) is 280 Å². The van der Waals surface area contributed by atoms with Gasteiger partial charge in [-0.1, -0.05) is 162 Å². The van der Waals surface area contributed by atoms with Gasteiger partial charge in [-0.05, 0) is 229 Å². The minimum atomic E-state index is -0.427. The third kappa shape index (κ3) is 21.7. The van der Waals surface area contributed by atoms with Crippen molar-refractivity contribution in [1.29, 1.82) is 5.26 Å². The maximum absolute atomic E-state index is 15.4. The second kappa shape index (κ2) is 36.7. The number of rotatable bonds is 20. The molecule has 1 aliphatic rings. The number of aromatic nitrogens is 1. The van der Waals surface area contributed by atoms with Crippen LogP contribution in [0.25, 0.3) is 44.5 Å². The molecule has 20 heteroatoms. The fraction of sp³-hybridized carbons (Fsp3) is 0.256. The molecule has 0 atom stereocenters. The quantitative estimate of drug-likeness (QED) is 0.0315. The molecule has 0 aliphatic carbocycles. The summed E-state index contributed by atoms with van der Waals surface area (Å²) in [6.45, 7) is 13.9. The first kappa shape index (κ1) is 80.1. The lowest BCUT2D eigenvalue weighted by molar-refractivity contribution is 0.00578. The molecule has 0 N–H and O–H groups in total. The van der Waals surface area contributed by atoms with Crippen LogP contribution < -0.4 is 14.9 Å². The lowest BCUT2D eigenvalue weighted by Gasteiger charge is -2.32. The fourth-order valence-electron chi connectivity index (χ4n) is 11.0. The van der Waals surface area contributed by atoms with Gasteiger partial charge < -0.3 is 38.4 Å². The van der Waals surface area contributed by atoms with Crippen molar-refractivity contribution in [3.8, 4) is 62.1 Å². The number of carbonyl (C=O) groups is 1. The van der Waals surface area contributed by atoms with E-state index in [0.29, 0.717) is 52.9 Å². The van der Waals surface area contributed by atoms with E-state index in [0.717, 1.165) is 81.7 Å². The highest BCUT2D eigenvalue weighted by atomic mass is 127. The molecule has 0 saturated carbocycles. The van der Waals surface area contributed by atoms with E-state index in [1.54, 1.807) is 36.5 Å². The van der Waals surface area contributed by atoms with E-state index in [1.807, 2.05) is 145 Å². The van der Waals surface area contributed by atoms with E-state index in [4.69, 9.17) is 70.4 Å². The van der Waals surface area contributed by atoms with Crippen LogP contribution in [0.1, 0.15) is 82.6 Å². The van der Waals surface area contributed by atoms with Crippen LogP contribution in [0.3, 0.4) is 0 Å². The molecule has 1 aliphatic heterocycles. The van der Waals surface area contributed by atoms with Crippen molar-refractivity contribution < 1.29 is 36.7 Å². The molecule has 0 spiro atoms. The fourth-order valence-corrected chi connectivity index (χ4v) is 12.6. The SMILES string of the molecule is CN(C)Cc1ccc(-c2ccc(F)c(I)c2Cl)cc1.CN(C)Cc1ccc(-c2ccc(F)cc2Cl)cc1.CN(C)Cc1ccc(B2OC(C)(C)C(C)(C)O2)cc1.Cc1c(COc2cc(OCc3cncc(C#N)c3)c(C=O)cc2Cl)cccc1-c1c(F)ccc(-c2ccc(CN(C)C)cc2)c1Cl. The van der Waals surface area contributed by atoms with Crippen LogP contribution in [0.15, 0.2) is 188 Å². The average molecular weight is 1570 g/mol. The third-order valence-electron chi connectivity index (χ3n) is 17.0. The van der Waals surface area contributed by atoms with E-state index in [9.17, 15) is 13.6 Å². The van der Waals surface area contributed by atoms with Crippen LogP contribution in [0.2, 0.25) is 20.1 Å². The topological polar surface area (TPSA) is 104 Å². The zero-order valence-electron chi connectivity index (χ0n) is 59.5. The number of hydrogen-bond acceptors (Lipinski definition) is 11. The van der Waals surface area contributed by atoms with Gasteiger partial charge in [-0.2, -0.15) is 5.26 Å². The Morgan fingerprint density at radius 1 is 0.529 bits per heavy atom. The molecule has 0 bridgehead atoms. The molecule has 0 radical (unpaired) electrons. The van der Waals surface area contributed by atoms with Gasteiger partial charge in [-0.15, -0.1) is 0 Å². The van der Waals surface area contributed by atoms with Gasteiger partial charge in [0.1, 0.15) is 48.2 Å². The van der Waals surface area contributed by atoms with E-state index in [-0.39, 0.29) is 59.5 Å². The van der Waals surface area contributed by atoms with E-state index in [2.05, 4.69) is 115 Å². The number of aldehydes is 1. The van der Waals surface area contributed by atoms with E-state index >= 15 is 4.39 Å². The number of pyridine rings is 1. The Bertz CT molecular complexity index is 4530. The second-order valence-corrected chi connectivity index (χ2v) is 29.5. The summed E-state index contributed by atoms with van der Waals surface area (Å²) in [4.78, 5) is 24.3. The van der Waals surface area contributed by atoms with Gasteiger partial charge in [0.25, 0.3) is 0 Å². The highest BCUT2D eigenvalue weighted by molar-refractivity contribution is 14.1. The molecule has 102 heavy (non-hydrogen) atoms. The van der Waals surface area contributed by atoms with E-state index < -0.39 is 5.82 Å². The van der Waals surface area contributed by atoms with E-state index in [1.165, 1.54) is 53.2 Å². The van der Waals surface area contributed by atoms with Crippen LogP contribution in [-0.4, -0.2) is 106 Å². The Balaban J connectivity index is 0.000000194. The highest BCUT2D eigenvalue weighted by Gasteiger charge is 2.51. The molecule has 1 saturated heterocycles. The zero-order chi connectivity index (χ0) is 74.2. The summed E-state index contributed by atoms with van der Waals surface area (Å²) in [6, 6.07) is 56.0. The number of benzene rings is 9. The predicted octanol–water partition coefficient (Wildman–Crippen LogP) is 20.1. The van der Waals surface area contributed by atoms with Gasteiger partial charge in [0.05, 0.1) is 46.0 Å². The van der Waals surface area contributed by atoms with Crippen LogP contribution in [-0.2, 0) is 48.7 Å². The summed E-state index contributed by atoms with van der Waals surface area (Å²) < 4.78 is 66.3. The standard InChI is InChI=1S/C37H30Cl2FN3O3.C15H24BNO2.C15H14ClFIN.C15H15ClFN/c1-23-28(22-46-35-15-34(29(20-44)14-32(35)38)45-21-26-13-25(16-41)17-42-18-26)5-4-6-30(23)36-33(40)12-11-31(37(36)39)27-9-7-24(8-10-27)19-43(2)3;1-14(2)15(3,4)19-16(18-14)13-9-7-12(8-10-13)11-17(5)6;1-19(2)9-10-3-5-11(6-4-10)12-7-8-13(17)15(18)14(12)16;1-18(2)10-11-3-5-12(6-4-11)14-8-7-13(17)9-15(14)16/h4-15,17-18,20H,19,21-22H2,1-3H3;7-10H,11H2,1-6H3;3-8H,9H2,1-2H3;3-9H,10H2,1-2H3. The molecule has 2 heterocycles. The summed E-state index contributed by atoms with van der Waals surface area (Å²) >= 11 is 27.5. The Kier molecular flexibility index (Phi) is 28.8. The van der Waals surface area contributed by atoms with Gasteiger partial charge in [-0.3, -0.25) is 9.78 Å². The normalized spacial score (nSPS) is 12.8. The summed E-state index contributed by atoms with van der Waals surface area (Å²) in [5, 5.41) is 10.6. The summed E-state index contributed by atoms with van der Waals surface area (Å²) in [5.74, 6) is -0.446. The van der Waals surface area contributed by atoms with Crippen molar-refractivity contribution in [3.63, 3.8) is 0 Å². The number of nitriles is 1. The lowest BCUT2D eigenvalue weighted by atomic mass is 9.79. The van der Waals surface area contributed by atoms with Gasteiger partial charge in [0.15, 0.2) is 6.29 Å². The van der Waals surface area contributed by atoms with Crippen molar-refractivity contribution in [2.45, 2.75) is 85.2 Å². The third-order valence-corrected chi connectivity index (χ3v) is 19.7. The molecule has 1 aromatic heterocycles. The van der Waals surface area contributed by atoms with Gasteiger partial charge in [0.2, 0.25) is 0 Å². The second-order valence-electron chi connectivity index (χ2n) is 26.8. The van der Waals surface area contributed by atoms with Gasteiger partial charge in [-0.25, -0.2) is 13.2 Å². The maximum atomic E-state index is 15.4. The Morgan fingerprint density at radius 2 is 1.00 bits per heavy atom. The molecule has 0 amide bonds.